The third-order valence-corrected chi connectivity index (χ3v) is 2.09. The summed E-state index contributed by atoms with van der Waals surface area (Å²) in [6, 6.07) is 8.52. The summed E-state index contributed by atoms with van der Waals surface area (Å²) in [5, 5.41) is 0. The number of rotatable bonds is 2. The second-order valence-electron chi connectivity index (χ2n) is 4.03. The van der Waals surface area contributed by atoms with Crippen LogP contribution in [0.2, 0.25) is 0 Å². The molecule has 3 nitrogen and oxygen atoms in total. The molecule has 14 heavy (non-hydrogen) atoms. The molecule has 0 bridgehead atoms. The highest BCUT2D eigenvalue weighted by atomic mass is 32.3. The van der Waals surface area contributed by atoms with Crippen LogP contribution in [0.5, 0.6) is 0 Å². The van der Waals surface area contributed by atoms with Gasteiger partial charge in [-0.3, -0.25) is 0 Å². The van der Waals surface area contributed by atoms with Crippen molar-refractivity contribution in [1.29, 1.82) is 0 Å². The lowest BCUT2D eigenvalue weighted by Crippen LogP contribution is -2.33. The van der Waals surface area contributed by atoms with Gasteiger partial charge in [-0.1, -0.05) is 18.2 Å². The molecule has 0 atom stereocenters. The summed E-state index contributed by atoms with van der Waals surface area (Å²) in [4.78, 5) is 11.5. The van der Waals surface area contributed by atoms with E-state index in [2.05, 4.69) is 0 Å². The molecule has 0 aliphatic rings. The number of benzene rings is 1. The summed E-state index contributed by atoms with van der Waals surface area (Å²) in [7, 11) is -3.23. The van der Waals surface area contributed by atoms with Gasteiger partial charge in [0.25, 0.3) is 0 Å². The fraction of sp³-hybridized carbons (Fsp3) is 0.300. The second kappa shape index (κ2) is 3.20. The normalized spacial score (nSPS) is 14.1. The van der Waals surface area contributed by atoms with Crippen LogP contribution in [0, 0.1) is 0 Å². The Morgan fingerprint density at radius 2 is 1.64 bits per heavy atom. The Balaban J connectivity index is 2.86. The molecule has 0 spiro atoms. The third-order valence-electron chi connectivity index (χ3n) is 1.37. The molecule has 1 aromatic rings. The van der Waals surface area contributed by atoms with Crippen molar-refractivity contribution in [2.45, 2.75) is 0 Å². The molecular formula is C10H14O3S. The predicted octanol–water partition coefficient (Wildman–Crippen LogP) is 1.47. The predicted molar refractivity (Wildman–Crippen MR) is 57.8 cm³/mol. The zero-order chi connectivity index (χ0) is 10.8. The highest BCUT2D eigenvalue weighted by Crippen LogP contribution is 2.16. The average Bonchev–Trinajstić information content (AvgIpc) is 2.01. The van der Waals surface area contributed by atoms with Crippen LogP contribution in [0.25, 0.3) is 0 Å². The van der Waals surface area contributed by atoms with E-state index >= 15 is 0 Å². The summed E-state index contributed by atoms with van der Waals surface area (Å²) < 4.78 is 16.7. The van der Waals surface area contributed by atoms with Crippen molar-refractivity contribution in [3.8, 4) is 0 Å². The van der Waals surface area contributed by atoms with E-state index < -0.39 is 15.3 Å². The third kappa shape index (κ3) is 3.70. The minimum absolute atomic E-state index is 0.414. The zero-order valence-corrected chi connectivity index (χ0v) is 9.34. The summed E-state index contributed by atoms with van der Waals surface area (Å²) in [6.45, 7) is 0. The van der Waals surface area contributed by atoms with Crippen LogP contribution >= 0.6 is 0 Å². The fourth-order valence-corrected chi connectivity index (χ4v) is 1.49. The van der Waals surface area contributed by atoms with E-state index in [0.29, 0.717) is 5.56 Å². The van der Waals surface area contributed by atoms with Crippen molar-refractivity contribution in [2.24, 2.45) is 0 Å². The molecule has 0 saturated heterocycles. The molecule has 0 radical (unpaired) electrons. The number of carbonyl (C=O) groups is 1. The smallest absolute Gasteiger partial charge is 0.354 e. The van der Waals surface area contributed by atoms with Crippen molar-refractivity contribution in [2.75, 3.05) is 18.8 Å². The summed E-state index contributed by atoms with van der Waals surface area (Å²) in [5.41, 5.74) is 0.414. The molecule has 0 amide bonds. The molecule has 0 heterocycles. The van der Waals surface area contributed by atoms with Crippen LogP contribution in [-0.2, 0) is 13.5 Å². The van der Waals surface area contributed by atoms with E-state index in [4.69, 9.17) is 4.18 Å². The maximum Gasteiger partial charge on any atom is 0.358 e. The Morgan fingerprint density at radius 3 is 2.07 bits per heavy atom. The van der Waals surface area contributed by atoms with Gasteiger partial charge in [-0.15, -0.1) is 0 Å². The molecule has 0 saturated carbocycles. The largest absolute Gasteiger partial charge is 0.358 e. The maximum atomic E-state index is 11.7. The van der Waals surface area contributed by atoms with Crippen molar-refractivity contribution in [3.05, 3.63) is 35.9 Å². The van der Waals surface area contributed by atoms with Crippen LogP contribution in [0.3, 0.4) is 0 Å². The maximum absolute atomic E-state index is 11.7. The Kier molecular flexibility index (Phi) is 2.50. The first kappa shape index (κ1) is 10.9. The van der Waals surface area contributed by atoms with Crippen LogP contribution in [0.4, 0.5) is 0 Å². The lowest BCUT2D eigenvalue weighted by Gasteiger charge is -2.34. The van der Waals surface area contributed by atoms with Gasteiger partial charge in [-0.05, 0) is 12.1 Å². The fourth-order valence-electron chi connectivity index (χ4n) is 0.880. The first-order valence-electron chi connectivity index (χ1n) is 4.13. The highest BCUT2D eigenvalue weighted by Gasteiger charge is 2.18. The molecule has 4 heteroatoms. The molecule has 0 aromatic heterocycles. The molecule has 0 aliphatic heterocycles. The van der Waals surface area contributed by atoms with E-state index in [1.807, 2.05) is 0 Å². The number of carbonyl (C=O) groups excluding carboxylic acids is 1. The van der Waals surface area contributed by atoms with Crippen LogP contribution in [0.15, 0.2) is 30.3 Å². The van der Waals surface area contributed by atoms with Gasteiger partial charge in [0.15, 0.2) is 0 Å². The SMILES string of the molecule is CS(C)(C)(=O)OC(=O)c1ccccc1. The topological polar surface area (TPSA) is 43.4 Å². The quantitative estimate of drug-likeness (QED) is 0.748. The molecule has 0 fully saturated rings. The van der Waals surface area contributed by atoms with Crippen molar-refractivity contribution < 1.29 is 13.2 Å². The van der Waals surface area contributed by atoms with Gasteiger partial charge in [-0.25, -0.2) is 4.79 Å². The molecule has 1 rings (SSSR count). The molecule has 0 N–H and O–H groups in total. The molecule has 0 aliphatic carbocycles. The Morgan fingerprint density at radius 1 is 1.14 bits per heavy atom. The second-order valence-corrected chi connectivity index (χ2v) is 8.78. The molecule has 1 aromatic carbocycles. The molecular weight excluding hydrogens is 200 g/mol. The summed E-state index contributed by atoms with van der Waals surface area (Å²) in [6.07, 6.45) is 4.29. The summed E-state index contributed by atoms with van der Waals surface area (Å²) in [5.74, 6) is -0.546. The minimum Gasteiger partial charge on any atom is -0.354 e. The first-order chi connectivity index (χ1) is 6.24. The van der Waals surface area contributed by atoms with Crippen LogP contribution in [-0.4, -0.2) is 28.9 Å². The monoisotopic (exact) mass is 214 g/mol. The van der Waals surface area contributed by atoms with Crippen LogP contribution in [0.1, 0.15) is 10.4 Å². The first-order valence-corrected chi connectivity index (χ1v) is 7.24. The average molecular weight is 214 g/mol. The van der Waals surface area contributed by atoms with E-state index in [1.165, 1.54) is 18.8 Å². The molecule has 0 unspecified atom stereocenters. The van der Waals surface area contributed by atoms with Gasteiger partial charge in [-0.2, -0.15) is 13.6 Å². The van der Waals surface area contributed by atoms with E-state index in [-0.39, 0.29) is 0 Å². The van der Waals surface area contributed by atoms with E-state index in [9.17, 15) is 9.00 Å². The van der Waals surface area contributed by atoms with Crippen molar-refractivity contribution in [1.82, 2.24) is 0 Å². The van der Waals surface area contributed by atoms with Gasteiger partial charge in [0.2, 0.25) is 0 Å². The Bertz CT molecular complexity index is 392. The molecule has 78 valence electrons. The van der Waals surface area contributed by atoms with Crippen molar-refractivity contribution >= 4 is 15.3 Å². The highest BCUT2D eigenvalue weighted by molar-refractivity contribution is 8.14. The van der Waals surface area contributed by atoms with Gasteiger partial charge in [0.05, 0.1) is 5.56 Å². The standard InChI is InChI=1S/C10H14O3S/c1-14(2,3,12)13-10(11)9-7-5-4-6-8-9/h4-8H,1-3H3. The van der Waals surface area contributed by atoms with Crippen molar-refractivity contribution in [3.63, 3.8) is 0 Å². The number of hydrogen-bond donors (Lipinski definition) is 0. The van der Waals surface area contributed by atoms with Gasteiger partial charge in [0, 0.05) is 18.8 Å². The lowest BCUT2D eigenvalue weighted by molar-refractivity contribution is 0.0747. The van der Waals surface area contributed by atoms with Crippen LogP contribution < -0.4 is 0 Å². The zero-order valence-electron chi connectivity index (χ0n) is 8.52. The lowest BCUT2D eigenvalue weighted by atomic mass is 10.2. The Labute approximate surface area is 83.7 Å². The van der Waals surface area contributed by atoms with E-state index in [1.54, 1.807) is 30.3 Å². The van der Waals surface area contributed by atoms with Gasteiger partial charge in [0.1, 0.15) is 0 Å². The Hall–Kier alpha value is -1.16. The number of hydrogen-bond acceptors (Lipinski definition) is 3. The van der Waals surface area contributed by atoms with Gasteiger partial charge < -0.3 is 4.18 Å². The minimum atomic E-state index is -3.23. The summed E-state index contributed by atoms with van der Waals surface area (Å²) >= 11 is 0. The van der Waals surface area contributed by atoms with E-state index in [0.717, 1.165) is 0 Å². The van der Waals surface area contributed by atoms with Gasteiger partial charge >= 0.3 is 5.97 Å².